The number of pyridine rings is 1. The van der Waals surface area contributed by atoms with Crippen molar-refractivity contribution in [3.05, 3.63) is 59.9 Å². The maximum Gasteiger partial charge on any atom is 0.313 e. The number of carbonyl (C=O) groups excluding carboxylic acids is 1. The van der Waals surface area contributed by atoms with E-state index in [0.29, 0.717) is 5.92 Å². The van der Waals surface area contributed by atoms with Crippen molar-refractivity contribution in [3.63, 3.8) is 0 Å². The van der Waals surface area contributed by atoms with Gasteiger partial charge < -0.3 is 15.4 Å². The Morgan fingerprint density at radius 2 is 1.96 bits per heavy atom. The number of esters is 1. The first-order valence-electron chi connectivity index (χ1n) is 8.84. The normalized spacial score (nSPS) is 14.8. The third-order valence-electron chi connectivity index (χ3n) is 4.68. The molecule has 6 heteroatoms. The van der Waals surface area contributed by atoms with Gasteiger partial charge in [0.15, 0.2) is 0 Å². The van der Waals surface area contributed by atoms with Crippen LogP contribution in [0.4, 0.5) is 5.69 Å². The van der Waals surface area contributed by atoms with Crippen LogP contribution in [0, 0.1) is 5.41 Å². The summed E-state index contributed by atoms with van der Waals surface area (Å²) in [6.07, 6.45) is 5.78. The van der Waals surface area contributed by atoms with Gasteiger partial charge in [0.1, 0.15) is 18.9 Å². The van der Waals surface area contributed by atoms with E-state index in [4.69, 9.17) is 15.9 Å². The van der Waals surface area contributed by atoms with E-state index in [1.807, 2.05) is 24.5 Å². The molecule has 0 bridgehead atoms. The summed E-state index contributed by atoms with van der Waals surface area (Å²) >= 11 is 0. The van der Waals surface area contributed by atoms with Gasteiger partial charge in [-0.05, 0) is 54.2 Å². The maximum atomic E-state index is 11.5. The van der Waals surface area contributed by atoms with Crippen molar-refractivity contribution in [1.29, 1.82) is 5.41 Å². The lowest BCUT2D eigenvalue weighted by Gasteiger charge is -2.34. The lowest BCUT2D eigenvalue weighted by molar-refractivity contribution is -0.143. The van der Waals surface area contributed by atoms with E-state index in [0.717, 1.165) is 37.2 Å². The first kappa shape index (κ1) is 17.9. The van der Waals surface area contributed by atoms with Gasteiger partial charge in [0.2, 0.25) is 0 Å². The van der Waals surface area contributed by atoms with Crippen LogP contribution in [0.5, 0.6) is 0 Å². The standard InChI is InChI=1S/C20H24N4O2/c21-19(22)13-20(25)26-14-15-2-1-3-18(12-15)24-10-6-17(7-11-24)16-4-8-23-9-5-16/h1-5,8-9,12,17H,6-7,10-11,13-14H2,(H3,21,22). The fourth-order valence-electron chi connectivity index (χ4n) is 3.32. The van der Waals surface area contributed by atoms with Gasteiger partial charge in [-0.3, -0.25) is 15.2 Å². The third kappa shape index (κ3) is 4.81. The summed E-state index contributed by atoms with van der Waals surface area (Å²) < 4.78 is 5.17. The predicted octanol–water partition coefficient (Wildman–Crippen LogP) is 2.83. The molecule has 136 valence electrons. The molecule has 1 aliphatic heterocycles. The molecule has 1 aliphatic rings. The molecule has 1 aromatic carbocycles. The second kappa shape index (κ2) is 8.47. The molecule has 0 spiro atoms. The van der Waals surface area contributed by atoms with E-state index in [1.165, 1.54) is 5.56 Å². The third-order valence-corrected chi connectivity index (χ3v) is 4.68. The van der Waals surface area contributed by atoms with E-state index in [2.05, 4.69) is 34.1 Å². The highest BCUT2D eigenvalue weighted by molar-refractivity contribution is 5.94. The lowest BCUT2D eigenvalue weighted by atomic mass is 9.90. The molecule has 3 rings (SSSR count). The number of nitrogens with zero attached hydrogens (tertiary/aromatic N) is 2. The van der Waals surface area contributed by atoms with Gasteiger partial charge in [0.25, 0.3) is 0 Å². The van der Waals surface area contributed by atoms with Crippen LogP contribution in [0.2, 0.25) is 0 Å². The summed E-state index contributed by atoms with van der Waals surface area (Å²) in [7, 11) is 0. The van der Waals surface area contributed by atoms with Crippen molar-refractivity contribution in [3.8, 4) is 0 Å². The SMILES string of the molecule is N=C(N)CC(=O)OCc1cccc(N2CCC(c3ccncc3)CC2)c1. The Hall–Kier alpha value is -2.89. The number of nitrogens with one attached hydrogen (secondary N) is 1. The van der Waals surface area contributed by atoms with Crippen LogP contribution >= 0.6 is 0 Å². The van der Waals surface area contributed by atoms with E-state index in [-0.39, 0.29) is 18.9 Å². The van der Waals surface area contributed by atoms with Crippen molar-refractivity contribution in [2.24, 2.45) is 5.73 Å². The number of carbonyl (C=O) groups is 1. The number of hydrogen-bond acceptors (Lipinski definition) is 5. The number of hydrogen-bond donors (Lipinski definition) is 2. The summed E-state index contributed by atoms with van der Waals surface area (Å²) in [6, 6.07) is 12.3. The van der Waals surface area contributed by atoms with Crippen LogP contribution < -0.4 is 10.6 Å². The largest absolute Gasteiger partial charge is 0.460 e. The van der Waals surface area contributed by atoms with Gasteiger partial charge in [-0.1, -0.05) is 12.1 Å². The zero-order chi connectivity index (χ0) is 18.4. The number of nitrogens with two attached hydrogens (primary N) is 1. The van der Waals surface area contributed by atoms with Crippen molar-refractivity contribution < 1.29 is 9.53 Å². The number of benzene rings is 1. The van der Waals surface area contributed by atoms with Crippen LogP contribution in [-0.4, -0.2) is 29.9 Å². The molecule has 0 unspecified atom stereocenters. The van der Waals surface area contributed by atoms with Gasteiger partial charge in [-0.25, -0.2) is 0 Å². The predicted molar refractivity (Wildman–Crippen MR) is 101 cm³/mol. The number of ether oxygens (including phenoxy) is 1. The molecule has 0 radical (unpaired) electrons. The average molecular weight is 352 g/mol. The van der Waals surface area contributed by atoms with E-state index in [1.54, 1.807) is 0 Å². The summed E-state index contributed by atoms with van der Waals surface area (Å²) in [6.45, 7) is 2.20. The number of aromatic nitrogens is 1. The molecule has 3 N–H and O–H groups in total. The van der Waals surface area contributed by atoms with Crippen LogP contribution in [-0.2, 0) is 16.1 Å². The molecule has 0 aliphatic carbocycles. The number of anilines is 1. The van der Waals surface area contributed by atoms with Crippen molar-refractivity contribution in [2.75, 3.05) is 18.0 Å². The second-order valence-corrected chi connectivity index (χ2v) is 6.57. The average Bonchev–Trinajstić information content (AvgIpc) is 2.67. The number of amidine groups is 1. The second-order valence-electron chi connectivity index (χ2n) is 6.57. The zero-order valence-corrected chi connectivity index (χ0v) is 14.7. The molecule has 0 saturated carbocycles. The first-order chi connectivity index (χ1) is 12.6. The monoisotopic (exact) mass is 352 g/mol. The molecule has 2 heterocycles. The minimum atomic E-state index is -0.471. The highest BCUT2D eigenvalue weighted by Gasteiger charge is 2.21. The molecule has 0 amide bonds. The molecule has 2 aromatic rings. The van der Waals surface area contributed by atoms with Crippen LogP contribution in [0.3, 0.4) is 0 Å². The minimum Gasteiger partial charge on any atom is -0.460 e. The summed E-state index contributed by atoms with van der Waals surface area (Å²) in [5.41, 5.74) is 8.67. The molecule has 1 aromatic heterocycles. The summed E-state index contributed by atoms with van der Waals surface area (Å²) in [4.78, 5) is 18.0. The van der Waals surface area contributed by atoms with Gasteiger partial charge in [-0.2, -0.15) is 0 Å². The highest BCUT2D eigenvalue weighted by atomic mass is 16.5. The zero-order valence-electron chi connectivity index (χ0n) is 14.7. The molecule has 1 fully saturated rings. The Balaban J connectivity index is 1.55. The first-order valence-corrected chi connectivity index (χ1v) is 8.84. The van der Waals surface area contributed by atoms with Crippen LogP contribution in [0.15, 0.2) is 48.8 Å². The molecule has 26 heavy (non-hydrogen) atoms. The van der Waals surface area contributed by atoms with E-state index >= 15 is 0 Å². The lowest BCUT2D eigenvalue weighted by Crippen LogP contribution is -2.32. The van der Waals surface area contributed by atoms with Crippen molar-refractivity contribution in [1.82, 2.24) is 4.98 Å². The van der Waals surface area contributed by atoms with Crippen LogP contribution in [0.1, 0.15) is 36.3 Å². The Morgan fingerprint density at radius 3 is 2.65 bits per heavy atom. The smallest absolute Gasteiger partial charge is 0.313 e. The van der Waals surface area contributed by atoms with Crippen molar-refractivity contribution >= 4 is 17.5 Å². The molecular formula is C20H24N4O2. The van der Waals surface area contributed by atoms with Crippen LogP contribution in [0.25, 0.3) is 0 Å². The fraction of sp³-hybridized carbons (Fsp3) is 0.350. The number of piperidine rings is 1. The topological polar surface area (TPSA) is 92.3 Å². The van der Waals surface area contributed by atoms with Gasteiger partial charge in [0.05, 0.1) is 0 Å². The molecule has 6 nitrogen and oxygen atoms in total. The Bertz CT molecular complexity index is 755. The Labute approximate surface area is 153 Å². The Kier molecular flexibility index (Phi) is 5.84. The molecule has 1 saturated heterocycles. The van der Waals surface area contributed by atoms with Gasteiger partial charge >= 0.3 is 5.97 Å². The maximum absolute atomic E-state index is 11.5. The molecular weight excluding hydrogens is 328 g/mol. The summed E-state index contributed by atoms with van der Waals surface area (Å²) in [5.74, 6) is -0.0631. The Morgan fingerprint density at radius 1 is 1.23 bits per heavy atom. The fourth-order valence-corrected chi connectivity index (χ4v) is 3.32. The van der Waals surface area contributed by atoms with E-state index in [9.17, 15) is 4.79 Å². The summed E-state index contributed by atoms with van der Waals surface area (Å²) in [5, 5.41) is 7.12. The van der Waals surface area contributed by atoms with Crippen molar-refractivity contribution in [2.45, 2.75) is 31.8 Å². The molecule has 0 atom stereocenters. The van der Waals surface area contributed by atoms with E-state index < -0.39 is 5.97 Å². The minimum absolute atomic E-state index is 0.164. The highest BCUT2D eigenvalue weighted by Crippen LogP contribution is 2.30. The quantitative estimate of drug-likeness (QED) is 0.474. The van der Waals surface area contributed by atoms with Gasteiger partial charge in [0, 0.05) is 31.2 Å². The number of rotatable bonds is 6. The van der Waals surface area contributed by atoms with Gasteiger partial charge in [-0.15, -0.1) is 0 Å².